The summed E-state index contributed by atoms with van der Waals surface area (Å²) in [6, 6.07) is 4.00. The van der Waals surface area contributed by atoms with E-state index in [9.17, 15) is 0 Å². The summed E-state index contributed by atoms with van der Waals surface area (Å²) >= 11 is 6.99. The lowest BCUT2D eigenvalue weighted by molar-refractivity contribution is 0.409. The van der Waals surface area contributed by atoms with Crippen LogP contribution >= 0.6 is 31.9 Å². The fraction of sp³-hybridized carbons (Fsp3) is 0.154. The Labute approximate surface area is 137 Å². The van der Waals surface area contributed by atoms with E-state index in [0.29, 0.717) is 12.2 Å². The van der Waals surface area contributed by atoms with Crippen LogP contribution in [0.5, 0.6) is 5.75 Å². The summed E-state index contributed by atoms with van der Waals surface area (Å²) in [4.78, 5) is 15.4. The highest BCUT2D eigenvalue weighted by atomic mass is 79.9. The number of imidazole rings is 1. The Kier molecular flexibility index (Phi) is 4.07. The summed E-state index contributed by atoms with van der Waals surface area (Å²) in [5.41, 5.74) is 2.52. The van der Waals surface area contributed by atoms with Gasteiger partial charge in [-0.1, -0.05) is 0 Å². The Morgan fingerprint density at radius 3 is 2.67 bits per heavy atom. The van der Waals surface area contributed by atoms with E-state index in [4.69, 9.17) is 4.74 Å². The topological polar surface area (TPSA) is 75.7 Å². The van der Waals surface area contributed by atoms with Crippen LogP contribution in [-0.4, -0.2) is 27.0 Å². The molecule has 0 aliphatic rings. The molecule has 3 aromatic rings. The maximum absolute atomic E-state index is 5.29. The number of hydrogen-bond acceptors (Lipinski definition) is 5. The van der Waals surface area contributed by atoms with Crippen molar-refractivity contribution < 1.29 is 4.74 Å². The number of methoxy groups -OCH3 is 1. The predicted molar refractivity (Wildman–Crippen MR) is 87.4 cm³/mol. The minimum Gasteiger partial charge on any atom is -0.494 e. The molecule has 3 rings (SSSR count). The Morgan fingerprint density at radius 1 is 1.19 bits per heavy atom. The van der Waals surface area contributed by atoms with Gasteiger partial charge >= 0.3 is 0 Å². The summed E-state index contributed by atoms with van der Waals surface area (Å²) in [5.74, 6) is 1.50. The number of nitrogens with one attached hydrogen (secondary N) is 2. The van der Waals surface area contributed by atoms with Crippen molar-refractivity contribution in [3.8, 4) is 5.75 Å². The fourth-order valence-electron chi connectivity index (χ4n) is 1.99. The van der Waals surface area contributed by atoms with Gasteiger partial charge in [0.15, 0.2) is 11.5 Å². The maximum atomic E-state index is 5.29. The summed E-state index contributed by atoms with van der Waals surface area (Å²) < 4.78 is 7.08. The first-order valence-electron chi connectivity index (χ1n) is 6.09. The highest BCUT2D eigenvalue weighted by molar-refractivity contribution is 9.11. The summed E-state index contributed by atoms with van der Waals surface area (Å²) in [6.07, 6.45) is 3.09. The molecule has 0 bridgehead atoms. The van der Waals surface area contributed by atoms with Crippen molar-refractivity contribution in [2.75, 3.05) is 12.4 Å². The van der Waals surface area contributed by atoms with Crippen molar-refractivity contribution in [2.24, 2.45) is 0 Å². The van der Waals surface area contributed by atoms with Gasteiger partial charge in [0.2, 0.25) is 0 Å². The lowest BCUT2D eigenvalue weighted by Crippen LogP contribution is -2.03. The van der Waals surface area contributed by atoms with E-state index in [0.717, 1.165) is 31.6 Å². The van der Waals surface area contributed by atoms with Gasteiger partial charge in [-0.3, -0.25) is 0 Å². The summed E-state index contributed by atoms with van der Waals surface area (Å²) in [5, 5.41) is 3.28. The SMILES string of the molecule is COc1c(Br)cc(CNc2ncnc3nc[nH]c23)cc1Br. The quantitative estimate of drug-likeness (QED) is 0.685. The molecule has 0 radical (unpaired) electrons. The van der Waals surface area contributed by atoms with Gasteiger partial charge in [-0.05, 0) is 49.6 Å². The van der Waals surface area contributed by atoms with E-state index >= 15 is 0 Å². The molecule has 2 heterocycles. The van der Waals surface area contributed by atoms with Crippen molar-refractivity contribution in [1.29, 1.82) is 0 Å². The number of fused-ring (bicyclic) bond motifs is 1. The number of hydrogen-bond donors (Lipinski definition) is 2. The number of anilines is 1. The molecule has 0 saturated carbocycles. The van der Waals surface area contributed by atoms with E-state index in [1.165, 1.54) is 6.33 Å². The van der Waals surface area contributed by atoms with Crippen LogP contribution < -0.4 is 10.1 Å². The second-order valence-electron chi connectivity index (χ2n) is 4.27. The lowest BCUT2D eigenvalue weighted by Gasteiger charge is -2.10. The number of ether oxygens (including phenoxy) is 1. The number of H-pyrrole nitrogens is 1. The van der Waals surface area contributed by atoms with Gasteiger partial charge in [-0.2, -0.15) is 0 Å². The molecule has 21 heavy (non-hydrogen) atoms. The van der Waals surface area contributed by atoms with Gasteiger partial charge in [-0.25, -0.2) is 15.0 Å². The monoisotopic (exact) mass is 411 g/mol. The van der Waals surface area contributed by atoms with Crippen LogP contribution in [0.4, 0.5) is 5.82 Å². The third-order valence-corrected chi connectivity index (χ3v) is 4.12. The molecule has 2 N–H and O–H groups in total. The fourth-order valence-corrected chi connectivity index (χ4v) is 3.60. The predicted octanol–water partition coefficient (Wildman–Crippen LogP) is 3.50. The van der Waals surface area contributed by atoms with Gasteiger partial charge in [0, 0.05) is 6.54 Å². The second kappa shape index (κ2) is 5.98. The molecule has 6 nitrogen and oxygen atoms in total. The highest BCUT2D eigenvalue weighted by Crippen LogP contribution is 2.34. The first-order chi connectivity index (χ1) is 10.2. The molecule has 0 spiro atoms. The standard InChI is InChI=1S/C13H11Br2N5O/c1-21-11-8(14)2-7(3-9(11)15)4-16-12-10-13(18-5-17-10)20-6-19-12/h2-3,5-6H,4H2,1H3,(H2,16,17,18,19,20). The molecule has 108 valence electrons. The third-order valence-electron chi connectivity index (χ3n) is 2.95. The van der Waals surface area contributed by atoms with Gasteiger partial charge in [-0.15, -0.1) is 0 Å². The van der Waals surface area contributed by atoms with Crippen LogP contribution in [0.2, 0.25) is 0 Å². The van der Waals surface area contributed by atoms with Gasteiger partial charge in [0.25, 0.3) is 0 Å². The Morgan fingerprint density at radius 2 is 1.95 bits per heavy atom. The van der Waals surface area contributed by atoms with E-state index in [-0.39, 0.29) is 0 Å². The zero-order valence-electron chi connectivity index (χ0n) is 11.0. The van der Waals surface area contributed by atoms with Crippen molar-refractivity contribution in [1.82, 2.24) is 19.9 Å². The first kappa shape index (κ1) is 14.3. The second-order valence-corrected chi connectivity index (χ2v) is 5.98. The number of benzene rings is 1. The van der Waals surface area contributed by atoms with E-state index in [1.807, 2.05) is 12.1 Å². The molecule has 0 fully saturated rings. The first-order valence-corrected chi connectivity index (χ1v) is 7.67. The molecule has 0 atom stereocenters. The molecule has 0 unspecified atom stereocenters. The third kappa shape index (κ3) is 2.86. The van der Waals surface area contributed by atoms with E-state index in [2.05, 4.69) is 57.1 Å². The highest BCUT2D eigenvalue weighted by Gasteiger charge is 2.09. The van der Waals surface area contributed by atoms with E-state index < -0.39 is 0 Å². The summed E-state index contributed by atoms with van der Waals surface area (Å²) in [7, 11) is 1.64. The van der Waals surface area contributed by atoms with Crippen molar-refractivity contribution in [3.63, 3.8) is 0 Å². The van der Waals surface area contributed by atoms with Crippen LogP contribution in [0.1, 0.15) is 5.56 Å². The molecular weight excluding hydrogens is 402 g/mol. The number of nitrogens with zero attached hydrogens (tertiary/aromatic N) is 3. The lowest BCUT2D eigenvalue weighted by atomic mass is 10.2. The average molecular weight is 413 g/mol. The van der Waals surface area contributed by atoms with Crippen LogP contribution in [0.3, 0.4) is 0 Å². The minimum atomic E-state index is 0.617. The van der Waals surface area contributed by atoms with Gasteiger partial charge < -0.3 is 15.0 Å². The summed E-state index contributed by atoms with van der Waals surface area (Å²) in [6.45, 7) is 0.617. The molecular formula is C13H11Br2N5O. The van der Waals surface area contributed by atoms with Crippen molar-refractivity contribution >= 4 is 48.8 Å². The maximum Gasteiger partial charge on any atom is 0.182 e. The van der Waals surface area contributed by atoms with E-state index in [1.54, 1.807) is 13.4 Å². The molecule has 2 aromatic heterocycles. The molecule has 8 heteroatoms. The van der Waals surface area contributed by atoms with Gasteiger partial charge in [0.1, 0.15) is 17.6 Å². The smallest absolute Gasteiger partial charge is 0.182 e. The number of rotatable bonds is 4. The number of aromatic nitrogens is 4. The molecule has 0 aliphatic carbocycles. The molecule has 0 amide bonds. The molecule has 0 saturated heterocycles. The Hall–Kier alpha value is -1.67. The van der Waals surface area contributed by atoms with Crippen molar-refractivity contribution in [2.45, 2.75) is 6.54 Å². The minimum absolute atomic E-state index is 0.617. The Balaban J connectivity index is 1.83. The Bertz CT molecular complexity index is 766. The van der Waals surface area contributed by atoms with Crippen LogP contribution in [0.25, 0.3) is 11.2 Å². The average Bonchev–Trinajstić information content (AvgIpc) is 2.93. The normalized spacial score (nSPS) is 10.8. The van der Waals surface area contributed by atoms with Gasteiger partial charge in [0.05, 0.1) is 22.4 Å². The number of halogens is 2. The largest absolute Gasteiger partial charge is 0.494 e. The van der Waals surface area contributed by atoms with Crippen LogP contribution in [0.15, 0.2) is 33.7 Å². The zero-order chi connectivity index (χ0) is 14.8. The number of aromatic amines is 1. The zero-order valence-corrected chi connectivity index (χ0v) is 14.2. The molecule has 0 aliphatic heterocycles. The van der Waals surface area contributed by atoms with Crippen LogP contribution in [-0.2, 0) is 6.54 Å². The molecule has 1 aromatic carbocycles. The van der Waals surface area contributed by atoms with Crippen molar-refractivity contribution in [3.05, 3.63) is 39.3 Å². The van der Waals surface area contributed by atoms with Crippen LogP contribution in [0, 0.1) is 0 Å².